The number of allylic oxidation sites excluding steroid dienone is 3. The summed E-state index contributed by atoms with van der Waals surface area (Å²) in [5.41, 5.74) is 0. The van der Waals surface area contributed by atoms with Gasteiger partial charge in [-0.1, -0.05) is 263 Å². The van der Waals surface area contributed by atoms with Gasteiger partial charge in [-0.15, -0.1) is 0 Å². The summed E-state index contributed by atoms with van der Waals surface area (Å²) in [6, 6.07) is -0.811. The van der Waals surface area contributed by atoms with Gasteiger partial charge in [0.05, 0.1) is 18.8 Å². The van der Waals surface area contributed by atoms with Crippen molar-refractivity contribution in [1.29, 1.82) is 0 Å². The summed E-state index contributed by atoms with van der Waals surface area (Å²) in [7, 11) is 0. The topological polar surface area (TPSA) is 89.8 Å². The molecule has 0 spiro atoms. The van der Waals surface area contributed by atoms with Gasteiger partial charge in [-0.3, -0.25) is 4.79 Å². The van der Waals surface area contributed by atoms with Crippen LogP contribution in [0.15, 0.2) is 24.3 Å². The van der Waals surface area contributed by atoms with Gasteiger partial charge in [0, 0.05) is 0 Å². The summed E-state index contributed by atoms with van der Waals surface area (Å²) in [4.78, 5) is 12.5. The molecule has 332 valence electrons. The molecule has 0 aromatic carbocycles. The Morgan fingerprint density at radius 2 is 0.732 bits per heavy atom. The van der Waals surface area contributed by atoms with Crippen LogP contribution >= 0.6 is 0 Å². The highest BCUT2D eigenvalue weighted by atomic mass is 16.3. The van der Waals surface area contributed by atoms with Crippen LogP contribution in [0.5, 0.6) is 0 Å². The average Bonchev–Trinajstić information content (AvgIpc) is 3.20. The van der Waals surface area contributed by atoms with Crippen LogP contribution in [0.3, 0.4) is 0 Å². The van der Waals surface area contributed by atoms with E-state index in [1.165, 1.54) is 212 Å². The maximum atomic E-state index is 12.5. The van der Waals surface area contributed by atoms with Crippen molar-refractivity contribution in [3.63, 3.8) is 0 Å². The van der Waals surface area contributed by atoms with Crippen molar-refractivity contribution in [3.8, 4) is 0 Å². The number of rotatable bonds is 46. The van der Waals surface area contributed by atoms with Crippen LogP contribution in [0.1, 0.15) is 271 Å². The number of nitrogens with one attached hydrogen (secondary N) is 1. The highest BCUT2D eigenvalue weighted by Crippen LogP contribution is 2.17. The number of carbonyl (C=O) groups excluding carboxylic acids is 1. The maximum absolute atomic E-state index is 12.5. The zero-order valence-corrected chi connectivity index (χ0v) is 37.8. The third-order valence-electron chi connectivity index (χ3n) is 11.8. The van der Waals surface area contributed by atoms with E-state index in [1.54, 1.807) is 6.08 Å². The SMILES string of the molecule is CCCCCCCCCCCCCCC/C=C/CC/C=C/C(O)C(CO)NC(=O)C(O)CCCCCCCCCCCCCCCCCCCCCCCCC. The number of hydrogen-bond donors (Lipinski definition) is 4. The molecule has 0 aliphatic rings. The fourth-order valence-corrected chi connectivity index (χ4v) is 7.85. The molecule has 56 heavy (non-hydrogen) atoms. The molecule has 0 radical (unpaired) electrons. The summed E-state index contributed by atoms with van der Waals surface area (Å²) in [6.45, 7) is 4.20. The van der Waals surface area contributed by atoms with Crippen LogP contribution in [-0.4, -0.2) is 46.1 Å². The maximum Gasteiger partial charge on any atom is 0.249 e. The molecule has 1 amide bonds. The molecule has 0 aliphatic heterocycles. The van der Waals surface area contributed by atoms with Crippen molar-refractivity contribution >= 4 is 5.91 Å². The molecule has 0 heterocycles. The van der Waals surface area contributed by atoms with Crippen molar-refractivity contribution in [2.45, 2.75) is 289 Å². The number of aliphatic hydroxyl groups excluding tert-OH is 3. The molecular formula is C51H99NO4. The van der Waals surface area contributed by atoms with Crippen LogP contribution in [-0.2, 0) is 4.79 Å². The summed E-state index contributed by atoms with van der Waals surface area (Å²) in [5, 5.41) is 33.2. The van der Waals surface area contributed by atoms with E-state index in [-0.39, 0.29) is 6.61 Å². The number of unbranched alkanes of at least 4 members (excludes halogenated alkanes) is 36. The van der Waals surface area contributed by atoms with E-state index in [4.69, 9.17) is 0 Å². The molecule has 0 saturated carbocycles. The first-order valence-corrected chi connectivity index (χ1v) is 25.2. The summed E-state index contributed by atoms with van der Waals surface area (Å²) in [6.07, 6.45) is 58.0. The lowest BCUT2D eigenvalue weighted by Gasteiger charge is -2.21. The van der Waals surface area contributed by atoms with Crippen molar-refractivity contribution < 1.29 is 20.1 Å². The molecule has 0 saturated heterocycles. The minimum Gasteiger partial charge on any atom is -0.394 e. The zero-order valence-electron chi connectivity index (χ0n) is 37.8. The van der Waals surface area contributed by atoms with E-state index in [0.29, 0.717) is 6.42 Å². The number of aliphatic hydroxyl groups is 3. The molecule has 0 aromatic heterocycles. The van der Waals surface area contributed by atoms with Gasteiger partial charge < -0.3 is 20.6 Å². The minimum atomic E-state index is -1.10. The van der Waals surface area contributed by atoms with Crippen LogP contribution in [0.2, 0.25) is 0 Å². The van der Waals surface area contributed by atoms with Gasteiger partial charge in [-0.25, -0.2) is 0 Å². The number of hydrogen-bond acceptors (Lipinski definition) is 4. The van der Waals surface area contributed by atoms with Gasteiger partial charge in [-0.05, 0) is 32.1 Å². The first-order valence-electron chi connectivity index (χ1n) is 25.2. The molecule has 0 fully saturated rings. The van der Waals surface area contributed by atoms with Gasteiger partial charge in [0.2, 0.25) is 5.91 Å². The third-order valence-corrected chi connectivity index (χ3v) is 11.8. The van der Waals surface area contributed by atoms with Crippen LogP contribution in [0.25, 0.3) is 0 Å². The first-order chi connectivity index (χ1) is 27.6. The van der Waals surface area contributed by atoms with E-state index in [0.717, 1.165) is 38.5 Å². The van der Waals surface area contributed by atoms with Gasteiger partial charge in [0.1, 0.15) is 6.10 Å². The fourth-order valence-electron chi connectivity index (χ4n) is 7.85. The second-order valence-electron chi connectivity index (χ2n) is 17.4. The smallest absolute Gasteiger partial charge is 0.249 e. The molecule has 5 nitrogen and oxygen atoms in total. The Labute approximate surface area is 350 Å². The van der Waals surface area contributed by atoms with Crippen LogP contribution < -0.4 is 5.32 Å². The number of carbonyl (C=O) groups is 1. The normalized spacial score (nSPS) is 13.6. The fraction of sp³-hybridized carbons (Fsp3) is 0.902. The van der Waals surface area contributed by atoms with Crippen molar-refractivity contribution in [1.82, 2.24) is 5.32 Å². The lowest BCUT2D eigenvalue weighted by atomic mass is 10.0. The van der Waals surface area contributed by atoms with E-state index >= 15 is 0 Å². The predicted octanol–water partition coefficient (Wildman–Crippen LogP) is 14.9. The Morgan fingerprint density at radius 3 is 1.09 bits per heavy atom. The molecule has 3 atom stereocenters. The van der Waals surface area contributed by atoms with Crippen molar-refractivity contribution in [3.05, 3.63) is 24.3 Å². The molecule has 0 bridgehead atoms. The molecular weight excluding hydrogens is 691 g/mol. The second-order valence-corrected chi connectivity index (χ2v) is 17.4. The highest BCUT2D eigenvalue weighted by molar-refractivity contribution is 5.80. The lowest BCUT2D eigenvalue weighted by molar-refractivity contribution is -0.131. The van der Waals surface area contributed by atoms with E-state index in [1.807, 2.05) is 6.08 Å². The Balaban J connectivity index is 3.62. The summed E-state index contributed by atoms with van der Waals surface area (Å²) in [5.74, 6) is -0.508. The first kappa shape index (κ1) is 54.8. The monoisotopic (exact) mass is 790 g/mol. The largest absolute Gasteiger partial charge is 0.394 e. The minimum absolute atomic E-state index is 0.373. The van der Waals surface area contributed by atoms with E-state index < -0.39 is 24.2 Å². The van der Waals surface area contributed by atoms with E-state index in [9.17, 15) is 20.1 Å². The Kier molecular flexibility index (Phi) is 45.5. The van der Waals surface area contributed by atoms with Gasteiger partial charge in [0.15, 0.2) is 0 Å². The average molecular weight is 790 g/mol. The Hall–Kier alpha value is -1.17. The molecule has 0 rings (SSSR count). The van der Waals surface area contributed by atoms with Gasteiger partial charge >= 0.3 is 0 Å². The lowest BCUT2D eigenvalue weighted by Crippen LogP contribution is -2.48. The molecule has 0 aliphatic carbocycles. The molecule has 3 unspecified atom stereocenters. The predicted molar refractivity (Wildman–Crippen MR) is 245 cm³/mol. The van der Waals surface area contributed by atoms with Gasteiger partial charge in [0.25, 0.3) is 0 Å². The second kappa shape index (κ2) is 46.5. The van der Waals surface area contributed by atoms with Gasteiger partial charge in [-0.2, -0.15) is 0 Å². The molecule has 5 heteroatoms. The summed E-state index contributed by atoms with van der Waals surface area (Å²) < 4.78 is 0. The van der Waals surface area contributed by atoms with Crippen molar-refractivity contribution in [2.24, 2.45) is 0 Å². The molecule has 4 N–H and O–H groups in total. The Morgan fingerprint density at radius 1 is 0.429 bits per heavy atom. The molecule has 0 aromatic rings. The van der Waals surface area contributed by atoms with Crippen molar-refractivity contribution in [2.75, 3.05) is 6.61 Å². The van der Waals surface area contributed by atoms with E-state index in [2.05, 4.69) is 31.3 Å². The Bertz CT molecular complexity index is 829. The van der Waals surface area contributed by atoms with Crippen LogP contribution in [0, 0.1) is 0 Å². The number of amides is 1. The standard InChI is InChI=1S/C51H99NO4/c1-3-5-7-9-11-13-15-17-19-21-23-24-25-26-28-30-32-34-36-38-40-42-44-46-50(55)51(56)52-48(47-53)49(54)45-43-41-39-37-35-33-31-29-27-22-20-18-16-14-12-10-8-6-4-2/h35,37,43,45,48-50,53-55H,3-34,36,38-42,44,46-47H2,1-2H3,(H,52,56)/b37-35+,45-43+. The quantitative estimate of drug-likeness (QED) is 0.0365. The summed E-state index contributed by atoms with van der Waals surface area (Å²) >= 11 is 0. The van der Waals surface area contributed by atoms with Crippen LogP contribution in [0.4, 0.5) is 0 Å². The third kappa shape index (κ3) is 41.0. The zero-order chi connectivity index (χ0) is 40.8. The highest BCUT2D eigenvalue weighted by Gasteiger charge is 2.22.